The molecule has 1 N–H and O–H groups in total. The third-order valence-electron chi connectivity index (χ3n) is 5.18. The van der Waals surface area contributed by atoms with Gasteiger partial charge in [0.05, 0.1) is 13.0 Å². The number of para-hydroxylation sites is 1. The van der Waals surface area contributed by atoms with Crippen LogP contribution in [0.25, 0.3) is 0 Å². The molecule has 1 aromatic carbocycles. The first-order valence-corrected chi connectivity index (χ1v) is 8.42. The van der Waals surface area contributed by atoms with Crippen LogP contribution in [0.15, 0.2) is 24.3 Å². The van der Waals surface area contributed by atoms with E-state index in [-0.39, 0.29) is 24.2 Å². The first-order valence-electron chi connectivity index (χ1n) is 8.42. The summed E-state index contributed by atoms with van der Waals surface area (Å²) in [5, 5.41) is 2.67. The number of rotatable bonds is 4. The number of carbonyl (C=O) groups excluding carboxylic acids is 1. The van der Waals surface area contributed by atoms with Gasteiger partial charge in [-0.15, -0.1) is 0 Å². The molecule has 2 aliphatic carbocycles. The second-order valence-electron chi connectivity index (χ2n) is 6.74. The molecule has 2 saturated carbocycles. The van der Waals surface area contributed by atoms with Crippen LogP contribution >= 0.6 is 0 Å². The van der Waals surface area contributed by atoms with E-state index in [9.17, 15) is 18.0 Å². The van der Waals surface area contributed by atoms with Crippen molar-refractivity contribution in [3.05, 3.63) is 29.8 Å². The molecule has 2 fully saturated rings. The number of ether oxygens (including phenoxy) is 1. The average molecular weight is 341 g/mol. The highest BCUT2D eigenvalue weighted by Gasteiger charge is 2.49. The summed E-state index contributed by atoms with van der Waals surface area (Å²) in [6.45, 7) is 0. The maximum atomic E-state index is 13.1. The van der Waals surface area contributed by atoms with Crippen LogP contribution in [0, 0.1) is 11.8 Å². The molecule has 0 unspecified atom stereocenters. The zero-order valence-electron chi connectivity index (χ0n) is 13.6. The summed E-state index contributed by atoms with van der Waals surface area (Å²) < 4.78 is 44.7. The number of alkyl halides is 3. The lowest BCUT2D eigenvalue weighted by Gasteiger charge is -2.33. The van der Waals surface area contributed by atoms with Gasteiger partial charge in [-0.2, -0.15) is 13.2 Å². The fourth-order valence-corrected chi connectivity index (χ4v) is 3.79. The van der Waals surface area contributed by atoms with Crippen LogP contribution in [0.2, 0.25) is 0 Å². The summed E-state index contributed by atoms with van der Waals surface area (Å²) in [6.07, 6.45) is -1.77. The molecular weight excluding hydrogens is 319 g/mol. The maximum absolute atomic E-state index is 13.1. The highest BCUT2D eigenvalue weighted by atomic mass is 19.4. The molecule has 0 bridgehead atoms. The van der Waals surface area contributed by atoms with E-state index in [1.54, 1.807) is 7.11 Å². The quantitative estimate of drug-likeness (QED) is 0.898. The highest BCUT2D eigenvalue weighted by molar-refractivity contribution is 5.83. The Hall–Kier alpha value is -1.72. The number of methoxy groups -OCH3 is 1. The van der Waals surface area contributed by atoms with Gasteiger partial charge in [0.25, 0.3) is 0 Å². The van der Waals surface area contributed by atoms with Crippen LogP contribution in [0.3, 0.4) is 0 Å². The number of halogens is 3. The second kappa shape index (κ2) is 6.65. The van der Waals surface area contributed by atoms with Crippen molar-refractivity contribution in [2.24, 2.45) is 11.8 Å². The maximum Gasteiger partial charge on any atom is 0.393 e. The lowest BCUT2D eigenvalue weighted by Crippen LogP contribution is -2.48. The number of hydrogen-bond donors (Lipinski definition) is 1. The number of benzene rings is 1. The van der Waals surface area contributed by atoms with E-state index >= 15 is 0 Å². The Morgan fingerprint density at radius 3 is 2.62 bits per heavy atom. The first kappa shape index (κ1) is 17.1. The first-order chi connectivity index (χ1) is 11.4. The summed E-state index contributed by atoms with van der Waals surface area (Å²) >= 11 is 0. The molecule has 132 valence electrons. The van der Waals surface area contributed by atoms with Crippen molar-refractivity contribution < 1.29 is 22.7 Å². The molecule has 4 atom stereocenters. The van der Waals surface area contributed by atoms with Gasteiger partial charge in [0.15, 0.2) is 0 Å². The predicted octanol–water partition coefficient (Wildman–Crippen LogP) is 4.04. The monoisotopic (exact) mass is 341 g/mol. The minimum absolute atomic E-state index is 0.0362. The van der Waals surface area contributed by atoms with Crippen LogP contribution in [-0.4, -0.2) is 25.2 Å². The van der Waals surface area contributed by atoms with Gasteiger partial charge in [0.1, 0.15) is 5.75 Å². The molecule has 6 heteroatoms. The standard InChI is InChI=1S/C18H22F3NO2/c1-24-16-9-5-2-6-11(16)12-10-13(12)17(23)22-15-8-4-3-7-14(15)18(19,20)21/h2,5-6,9,12-15H,3-4,7-8,10H2,1H3,(H,22,23)/t12-,13-,14+,15-/m0/s1. The smallest absolute Gasteiger partial charge is 0.393 e. The number of hydrogen-bond acceptors (Lipinski definition) is 2. The zero-order valence-corrected chi connectivity index (χ0v) is 13.6. The van der Waals surface area contributed by atoms with Gasteiger partial charge >= 0.3 is 6.18 Å². The van der Waals surface area contributed by atoms with E-state index in [1.165, 1.54) is 0 Å². The van der Waals surface area contributed by atoms with Gasteiger partial charge in [-0.05, 0) is 36.8 Å². The fraction of sp³-hybridized carbons (Fsp3) is 0.611. The Labute approximate surface area is 139 Å². The molecule has 2 aliphatic rings. The van der Waals surface area contributed by atoms with Crippen molar-refractivity contribution in [3.8, 4) is 5.75 Å². The van der Waals surface area contributed by atoms with Gasteiger partial charge in [-0.3, -0.25) is 4.79 Å². The molecule has 3 rings (SSSR count). The molecule has 1 amide bonds. The minimum Gasteiger partial charge on any atom is -0.496 e. The van der Waals surface area contributed by atoms with Crippen LogP contribution in [0.4, 0.5) is 13.2 Å². The van der Waals surface area contributed by atoms with Gasteiger partial charge in [0.2, 0.25) is 5.91 Å². The Kier molecular flexibility index (Phi) is 4.74. The number of nitrogens with one attached hydrogen (secondary N) is 1. The summed E-state index contributed by atoms with van der Waals surface area (Å²) in [5.74, 6) is -1.17. The van der Waals surface area contributed by atoms with Crippen molar-refractivity contribution in [1.82, 2.24) is 5.32 Å². The summed E-state index contributed by atoms with van der Waals surface area (Å²) in [6, 6.07) is 6.70. The summed E-state index contributed by atoms with van der Waals surface area (Å²) in [7, 11) is 1.58. The largest absolute Gasteiger partial charge is 0.496 e. The Morgan fingerprint density at radius 2 is 1.92 bits per heavy atom. The van der Waals surface area contributed by atoms with Gasteiger partial charge in [-0.25, -0.2) is 0 Å². The van der Waals surface area contributed by atoms with E-state index in [2.05, 4.69) is 5.32 Å². The molecule has 1 aromatic rings. The Bertz CT molecular complexity index is 602. The molecule has 0 aromatic heterocycles. The summed E-state index contributed by atoms with van der Waals surface area (Å²) in [4.78, 5) is 12.4. The lowest BCUT2D eigenvalue weighted by atomic mass is 9.84. The Balaban J connectivity index is 1.64. The molecule has 0 heterocycles. The average Bonchev–Trinajstić information content (AvgIpc) is 3.35. The van der Waals surface area contributed by atoms with Crippen molar-refractivity contribution in [3.63, 3.8) is 0 Å². The molecule has 0 radical (unpaired) electrons. The predicted molar refractivity (Wildman–Crippen MR) is 83.8 cm³/mol. The third-order valence-corrected chi connectivity index (χ3v) is 5.18. The van der Waals surface area contributed by atoms with E-state index < -0.39 is 18.1 Å². The van der Waals surface area contributed by atoms with E-state index in [0.717, 1.165) is 17.7 Å². The fourth-order valence-electron chi connectivity index (χ4n) is 3.79. The summed E-state index contributed by atoms with van der Waals surface area (Å²) in [5.41, 5.74) is 0.955. The number of carbonyl (C=O) groups is 1. The molecule has 24 heavy (non-hydrogen) atoms. The number of amides is 1. The topological polar surface area (TPSA) is 38.3 Å². The van der Waals surface area contributed by atoms with Crippen LogP contribution in [-0.2, 0) is 4.79 Å². The van der Waals surface area contributed by atoms with Crippen LogP contribution < -0.4 is 10.1 Å². The zero-order chi connectivity index (χ0) is 17.3. The third kappa shape index (κ3) is 3.52. The van der Waals surface area contributed by atoms with E-state index in [1.807, 2.05) is 24.3 Å². The molecule has 3 nitrogen and oxygen atoms in total. The normalized spacial score (nSPS) is 29.8. The van der Waals surface area contributed by atoms with Crippen LogP contribution in [0.1, 0.15) is 43.6 Å². The SMILES string of the molecule is COc1ccccc1[C@@H]1C[C@@H]1C(=O)N[C@H]1CCCC[C@H]1C(F)(F)F. The second-order valence-corrected chi connectivity index (χ2v) is 6.74. The molecule has 0 spiro atoms. The van der Waals surface area contributed by atoms with E-state index in [4.69, 9.17) is 4.74 Å². The van der Waals surface area contributed by atoms with Crippen molar-refractivity contribution >= 4 is 5.91 Å². The lowest BCUT2D eigenvalue weighted by molar-refractivity contribution is -0.189. The van der Waals surface area contributed by atoms with Gasteiger partial charge in [0, 0.05) is 12.0 Å². The molecule has 0 saturated heterocycles. The van der Waals surface area contributed by atoms with E-state index in [0.29, 0.717) is 19.3 Å². The minimum atomic E-state index is -4.25. The molecule has 0 aliphatic heterocycles. The van der Waals surface area contributed by atoms with Crippen molar-refractivity contribution in [1.29, 1.82) is 0 Å². The van der Waals surface area contributed by atoms with Crippen molar-refractivity contribution in [2.45, 2.75) is 50.2 Å². The van der Waals surface area contributed by atoms with Crippen LogP contribution in [0.5, 0.6) is 5.75 Å². The van der Waals surface area contributed by atoms with Crippen molar-refractivity contribution in [2.75, 3.05) is 7.11 Å². The Morgan fingerprint density at radius 1 is 1.21 bits per heavy atom. The molecular formula is C18H22F3NO2. The van der Waals surface area contributed by atoms with Gasteiger partial charge in [-0.1, -0.05) is 31.0 Å². The highest BCUT2D eigenvalue weighted by Crippen LogP contribution is 2.50. The van der Waals surface area contributed by atoms with Gasteiger partial charge < -0.3 is 10.1 Å².